The Labute approximate surface area is 140 Å². The molecule has 0 aromatic heterocycles. The van der Waals surface area contributed by atoms with Crippen molar-refractivity contribution in [2.24, 2.45) is 5.14 Å². The van der Waals surface area contributed by atoms with Crippen LogP contribution in [0.5, 0.6) is 0 Å². The molecule has 0 amide bonds. The molecule has 0 atom stereocenters. The molecule has 0 radical (unpaired) electrons. The van der Waals surface area contributed by atoms with E-state index in [0.29, 0.717) is 5.56 Å². The van der Waals surface area contributed by atoms with Gasteiger partial charge in [0.1, 0.15) is 0 Å². The summed E-state index contributed by atoms with van der Waals surface area (Å²) >= 11 is 0. The summed E-state index contributed by atoms with van der Waals surface area (Å²) in [6, 6.07) is 23.8. The van der Waals surface area contributed by atoms with Gasteiger partial charge in [0.15, 0.2) is 0 Å². The van der Waals surface area contributed by atoms with E-state index in [-0.39, 0.29) is 4.90 Å². The lowest BCUT2D eigenvalue weighted by Crippen LogP contribution is -2.11. The van der Waals surface area contributed by atoms with E-state index in [9.17, 15) is 8.42 Å². The van der Waals surface area contributed by atoms with Crippen LogP contribution >= 0.6 is 0 Å². The van der Waals surface area contributed by atoms with Crippen LogP contribution in [-0.2, 0) is 10.0 Å². The fraction of sp³-hybridized carbons (Fsp3) is 0. The van der Waals surface area contributed by atoms with Gasteiger partial charge in [0.05, 0.1) is 16.5 Å². The van der Waals surface area contributed by atoms with Gasteiger partial charge in [0, 0.05) is 0 Å². The molecule has 0 heterocycles. The fourth-order valence-electron chi connectivity index (χ4n) is 2.54. The lowest BCUT2D eigenvalue weighted by Gasteiger charge is -2.10. The molecule has 3 aromatic carbocycles. The molecule has 2 N–H and O–H groups in total. The summed E-state index contributed by atoms with van der Waals surface area (Å²) in [6.45, 7) is 0. The average molecular weight is 334 g/mol. The second kappa shape index (κ2) is 6.28. The highest BCUT2D eigenvalue weighted by Crippen LogP contribution is 2.32. The summed E-state index contributed by atoms with van der Waals surface area (Å²) in [5.41, 5.74) is 4.46. The Balaban J connectivity index is 2.08. The quantitative estimate of drug-likeness (QED) is 0.795. The Morgan fingerprint density at radius 2 is 1.21 bits per heavy atom. The maximum atomic E-state index is 11.4. The molecule has 0 aliphatic heterocycles. The molecular formula is C19H14N2O2S. The second-order valence-corrected chi connectivity index (χ2v) is 6.87. The number of rotatable bonds is 3. The molecule has 0 spiro atoms. The largest absolute Gasteiger partial charge is 0.238 e. The number of sulfonamides is 1. The molecule has 0 aliphatic rings. The minimum Gasteiger partial charge on any atom is -0.225 e. The molecule has 0 saturated carbocycles. The number of nitrogens with zero attached hydrogens (tertiary/aromatic N) is 1. The minimum absolute atomic E-state index is 0.0853. The van der Waals surface area contributed by atoms with Crippen LogP contribution in [0.3, 0.4) is 0 Å². The van der Waals surface area contributed by atoms with Crippen molar-refractivity contribution in [2.45, 2.75) is 4.90 Å². The predicted molar refractivity (Wildman–Crippen MR) is 93.4 cm³/mol. The molecule has 3 rings (SSSR count). The second-order valence-electron chi connectivity index (χ2n) is 5.30. The molecule has 0 saturated heterocycles. The number of hydrogen-bond donors (Lipinski definition) is 1. The first kappa shape index (κ1) is 15.9. The van der Waals surface area contributed by atoms with Crippen LogP contribution in [0.1, 0.15) is 5.56 Å². The van der Waals surface area contributed by atoms with Crippen molar-refractivity contribution in [2.75, 3.05) is 0 Å². The fourth-order valence-corrected chi connectivity index (χ4v) is 3.05. The van der Waals surface area contributed by atoms with E-state index >= 15 is 0 Å². The van der Waals surface area contributed by atoms with Crippen LogP contribution in [0.15, 0.2) is 77.7 Å². The molecular weight excluding hydrogens is 320 g/mol. The first-order chi connectivity index (χ1) is 11.5. The average Bonchev–Trinajstić information content (AvgIpc) is 2.61. The number of hydrogen-bond acceptors (Lipinski definition) is 3. The molecule has 0 aliphatic carbocycles. The highest BCUT2D eigenvalue weighted by Gasteiger charge is 2.10. The van der Waals surface area contributed by atoms with E-state index in [2.05, 4.69) is 6.07 Å². The first-order valence-corrected chi connectivity index (χ1v) is 8.76. The van der Waals surface area contributed by atoms with E-state index in [4.69, 9.17) is 10.4 Å². The van der Waals surface area contributed by atoms with Gasteiger partial charge in [-0.25, -0.2) is 13.6 Å². The minimum atomic E-state index is -3.70. The first-order valence-electron chi connectivity index (χ1n) is 7.22. The van der Waals surface area contributed by atoms with Crippen LogP contribution in [0.2, 0.25) is 0 Å². The summed E-state index contributed by atoms with van der Waals surface area (Å²) in [7, 11) is -3.70. The van der Waals surface area contributed by atoms with Gasteiger partial charge in [-0.2, -0.15) is 5.26 Å². The van der Waals surface area contributed by atoms with Gasteiger partial charge in [0.2, 0.25) is 10.0 Å². The zero-order chi connectivity index (χ0) is 17.2. The van der Waals surface area contributed by atoms with E-state index in [1.54, 1.807) is 24.3 Å². The number of primary sulfonamides is 1. The number of nitriles is 1. The van der Waals surface area contributed by atoms with Gasteiger partial charge in [0.25, 0.3) is 0 Å². The lowest BCUT2D eigenvalue weighted by atomic mass is 9.94. The molecule has 24 heavy (non-hydrogen) atoms. The highest BCUT2D eigenvalue weighted by molar-refractivity contribution is 7.89. The van der Waals surface area contributed by atoms with Crippen LogP contribution < -0.4 is 5.14 Å². The number of benzene rings is 3. The molecule has 0 fully saturated rings. The van der Waals surface area contributed by atoms with Crippen molar-refractivity contribution in [1.82, 2.24) is 0 Å². The molecule has 5 heteroatoms. The van der Waals surface area contributed by atoms with Crippen molar-refractivity contribution >= 4 is 10.0 Å². The Kier molecular flexibility index (Phi) is 4.17. The van der Waals surface area contributed by atoms with Gasteiger partial charge in [-0.05, 0) is 46.5 Å². The lowest BCUT2D eigenvalue weighted by molar-refractivity contribution is 0.598. The van der Waals surface area contributed by atoms with Crippen LogP contribution in [0, 0.1) is 11.3 Å². The summed E-state index contributed by atoms with van der Waals surface area (Å²) in [6.07, 6.45) is 0. The molecule has 4 nitrogen and oxygen atoms in total. The monoisotopic (exact) mass is 334 g/mol. The molecule has 0 unspecified atom stereocenters. The van der Waals surface area contributed by atoms with Crippen molar-refractivity contribution in [1.29, 1.82) is 5.26 Å². The zero-order valence-corrected chi connectivity index (χ0v) is 13.5. The zero-order valence-electron chi connectivity index (χ0n) is 12.7. The molecule has 3 aromatic rings. The van der Waals surface area contributed by atoms with Gasteiger partial charge >= 0.3 is 0 Å². The third kappa shape index (κ3) is 3.20. The number of nitrogens with two attached hydrogens (primary N) is 1. The Hall–Kier alpha value is -2.94. The van der Waals surface area contributed by atoms with Gasteiger partial charge in [-0.1, -0.05) is 48.5 Å². The summed E-state index contributed by atoms with van der Waals surface area (Å²) in [4.78, 5) is 0.0853. The topological polar surface area (TPSA) is 83.9 Å². The van der Waals surface area contributed by atoms with E-state index in [1.807, 2.05) is 36.4 Å². The Bertz CT molecular complexity index is 1020. The van der Waals surface area contributed by atoms with Crippen molar-refractivity contribution < 1.29 is 8.42 Å². The normalized spacial score (nSPS) is 11.0. The van der Waals surface area contributed by atoms with Crippen molar-refractivity contribution in [3.63, 3.8) is 0 Å². The standard InChI is InChI=1S/C19H14N2O2S/c20-13-14-5-7-15(8-6-14)18-3-1-2-4-19(18)16-9-11-17(12-10-16)24(21,22)23/h1-12H,(H2,21,22,23). The summed E-state index contributed by atoms with van der Waals surface area (Å²) in [5.74, 6) is 0. The third-order valence-electron chi connectivity index (χ3n) is 3.75. The van der Waals surface area contributed by atoms with Gasteiger partial charge in [-0.15, -0.1) is 0 Å². The predicted octanol–water partition coefficient (Wildman–Crippen LogP) is 3.54. The van der Waals surface area contributed by atoms with Crippen LogP contribution in [-0.4, -0.2) is 8.42 Å². The van der Waals surface area contributed by atoms with Crippen molar-refractivity contribution in [3.05, 3.63) is 78.4 Å². The Morgan fingerprint density at radius 3 is 1.62 bits per heavy atom. The Morgan fingerprint density at radius 1 is 0.750 bits per heavy atom. The smallest absolute Gasteiger partial charge is 0.225 e. The van der Waals surface area contributed by atoms with Crippen LogP contribution in [0.4, 0.5) is 0 Å². The van der Waals surface area contributed by atoms with Gasteiger partial charge < -0.3 is 0 Å². The van der Waals surface area contributed by atoms with Crippen molar-refractivity contribution in [3.8, 4) is 28.3 Å². The molecule has 0 bridgehead atoms. The molecule has 118 valence electrons. The van der Waals surface area contributed by atoms with Gasteiger partial charge in [-0.3, -0.25) is 0 Å². The summed E-state index contributed by atoms with van der Waals surface area (Å²) in [5, 5.41) is 14.1. The van der Waals surface area contributed by atoms with E-state index in [1.165, 1.54) is 12.1 Å². The SMILES string of the molecule is N#Cc1ccc(-c2ccccc2-c2ccc(S(N)(=O)=O)cc2)cc1. The van der Waals surface area contributed by atoms with E-state index in [0.717, 1.165) is 22.3 Å². The highest BCUT2D eigenvalue weighted by atomic mass is 32.2. The van der Waals surface area contributed by atoms with Crippen LogP contribution in [0.25, 0.3) is 22.3 Å². The maximum absolute atomic E-state index is 11.4. The van der Waals surface area contributed by atoms with E-state index < -0.39 is 10.0 Å². The maximum Gasteiger partial charge on any atom is 0.238 e. The summed E-state index contributed by atoms with van der Waals surface area (Å²) < 4.78 is 22.8. The third-order valence-corrected chi connectivity index (χ3v) is 4.68.